The van der Waals surface area contributed by atoms with E-state index in [0.717, 1.165) is 51.4 Å². The van der Waals surface area contributed by atoms with E-state index in [2.05, 4.69) is 34.6 Å². The highest BCUT2D eigenvalue weighted by Gasteiger charge is 2.64. The molecule has 0 spiro atoms. The van der Waals surface area contributed by atoms with E-state index in [0.29, 0.717) is 12.3 Å². The van der Waals surface area contributed by atoms with E-state index in [1.807, 2.05) is 0 Å². The number of ketones is 1. The van der Waals surface area contributed by atoms with Crippen LogP contribution in [0.3, 0.4) is 0 Å². The molecular formula is C30H48O5. The van der Waals surface area contributed by atoms with Crippen LogP contribution >= 0.6 is 0 Å². The molecule has 5 nitrogen and oxygen atoms in total. The van der Waals surface area contributed by atoms with Gasteiger partial charge in [-0.1, -0.05) is 45.8 Å². The van der Waals surface area contributed by atoms with Gasteiger partial charge in [0.05, 0.1) is 12.0 Å². The number of allylic oxidation sites excluding steroid dienone is 2. The molecule has 0 aromatic heterocycles. The fourth-order valence-electron chi connectivity index (χ4n) is 9.45. The summed E-state index contributed by atoms with van der Waals surface area (Å²) in [7, 11) is 0. The number of carbonyl (C=O) groups excluding carboxylic acids is 1. The number of Topliss-reactive ketones (excluding diaryl/α,β-unsaturated/α-hetero) is 1. The second-order valence-electron chi connectivity index (χ2n) is 14.2. The quantitative estimate of drug-likeness (QED) is 0.404. The van der Waals surface area contributed by atoms with E-state index in [4.69, 9.17) is 0 Å². The maximum atomic E-state index is 12.5. The van der Waals surface area contributed by atoms with Gasteiger partial charge in [0, 0.05) is 6.42 Å². The molecule has 4 rings (SSSR count). The van der Waals surface area contributed by atoms with Crippen LogP contribution in [0.2, 0.25) is 0 Å². The number of carboxylic acids is 1. The molecule has 0 aliphatic heterocycles. The largest absolute Gasteiger partial charge is 0.481 e. The van der Waals surface area contributed by atoms with Gasteiger partial charge in [-0.3, -0.25) is 9.59 Å². The molecule has 0 bridgehead atoms. The lowest BCUT2D eigenvalue weighted by molar-refractivity contribution is -0.147. The molecule has 4 aliphatic carbocycles. The number of aliphatic hydroxyl groups excluding tert-OH is 1. The summed E-state index contributed by atoms with van der Waals surface area (Å²) in [5.41, 5.74) is 1.69. The van der Waals surface area contributed by atoms with Crippen molar-refractivity contribution in [3.8, 4) is 0 Å². The molecule has 2 fully saturated rings. The highest BCUT2D eigenvalue weighted by Crippen LogP contribution is 2.72. The van der Waals surface area contributed by atoms with Crippen molar-refractivity contribution in [2.45, 2.75) is 124 Å². The smallest absolute Gasteiger partial charge is 0.306 e. The van der Waals surface area contributed by atoms with Crippen LogP contribution in [0.5, 0.6) is 0 Å². The van der Waals surface area contributed by atoms with Crippen LogP contribution in [0.15, 0.2) is 11.1 Å². The summed E-state index contributed by atoms with van der Waals surface area (Å²) in [6.45, 7) is 14.6. The molecule has 3 N–H and O–H groups in total. The van der Waals surface area contributed by atoms with Gasteiger partial charge in [0.25, 0.3) is 0 Å². The summed E-state index contributed by atoms with van der Waals surface area (Å²) in [5, 5.41) is 31.1. The summed E-state index contributed by atoms with van der Waals surface area (Å²) in [6, 6.07) is 0. The van der Waals surface area contributed by atoms with Crippen molar-refractivity contribution in [1.82, 2.24) is 0 Å². The first-order chi connectivity index (χ1) is 16.0. The lowest BCUT2D eigenvalue weighted by Crippen LogP contribution is -2.55. The zero-order valence-electron chi connectivity index (χ0n) is 23.0. The first-order valence-corrected chi connectivity index (χ1v) is 13.9. The van der Waals surface area contributed by atoms with E-state index in [9.17, 15) is 24.9 Å². The molecule has 0 saturated heterocycles. The van der Waals surface area contributed by atoms with Gasteiger partial charge in [-0.15, -0.1) is 0 Å². The Morgan fingerprint density at radius 2 is 1.63 bits per heavy atom. The van der Waals surface area contributed by atoms with Gasteiger partial charge < -0.3 is 15.3 Å². The average Bonchev–Trinajstić information content (AvgIpc) is 3.02. The molecular weight excluding hydrogens is 440 g/mol. The third-order valence-electron chi connectivity index (χ3n) is 12.0. The van der Waals surface area contributed by atoms with Crippen LogP contribution in [0.25, 0.3) is 0 Å². The Bertz CT molecular complexity index is 926. The predicted molar refractivity (Wildman–Crippen MR) is 137 cm³/mol. The van der Waals surface area contributed by atoms with Crippen LogP contribution in [0.1, 0.15) is 113 Å². The minimum atomic E-state index is -1.42. The van der Waals surface area contributed by atoms with Crippen molar-refractivity contribution >= 4 is 11.8 Å². The minimum Gasteiger partial charge on any atom is -0.481 e. The highest BCUT2D eigenvalue weighted by molar-refractivity contribution is 5.86. The highest BCUT2D eigenvalue weighted by atomic mass is 16.4. The van der Waals surface area contributed by atoms with E-state index in [1.165, 1.54) is 13.8 Å². The first kappa shape index (κ1) is 26.9. The molecule has 4 aliphatic rings. The predicted octanol–water partition coefficient (Wildman–Crippen LogP) is 5.92. The van der Waals surface area contributed by atoms with Crippen LogP contribution in [0, 0.1) is 39.4 Å². The number of aliphatic carboxylic acids is 1. The lowest BCUT2D eigenvalue weighted by atomic mass is 9.43. The number of hydrogen-bond donors (Lipinski definition) is 3. The van der Waals surface area contributed by atoms with Gasteiger partial charge >= 0.3 is 5.97 Å². The number of rotatable bonds is 6. The normalized spacial score (nSPS) is 41.6. The van der Waals surface area contributed by atoms with Gasteiger partial charge in [0.15, 0.2) is 5.78 Å². The van der Waals surface area contributed by atoms with Gasteiger partial charge in [-0.25, -0.2) is 0 Å². The second kappa shape index (κ2) is 8.41. The van der Waals surface area contributed by atoms with E-state index < -0.39 is 17.5 Å². The van der Waals surface area contributed by atoms with E-state index >= 15 is 0 Å². The zero-order chi connectivity index (χ0) is 26.2. The van der Waals surface area contributed by atoms with Crippen LogP contribution in [0.4, 0.5) is 0 Å². The number of aliphatic hydroxyl groups is 2. The Morgan fingerprint density at radius 3 is 2.23 bits per heavy atom. The Balaban J connectivity index is 1.66. The molecule has 5 heteroatoms. The fraction of sp³-hybridized carbons (Fsp3) is 0.867. The summed E-state index contributed by atoms with van der Waals surface area (Å²) in [5.74, 6) is -1.14. The maximum absolute atomic E-state index is 12.5. The number of carbonyl (C=O) groups is 2. The second-order valence-corrected chi connectivity index (χ2v) is 14.2. The Hall–Kier alpha value is -1.20. The van der Waals surface area contributed by atoms with Crippen molar-refractivity contribution in [1.29, 1.82) is 0 Å². The molecule has 198 valence electrons. The van der Waals surface area contributed by atoms with Gasteiger partial charge in [-0.2, -0.15) is 0 Å². The number of fused-ring (bicyclic) bond motifs is 4. The van der Waals surface area contributed by atoms with Crippen molar-refractivity contribution < 1.29 is 24.9 Å². The Morgan fingerprint density at radius 1 is 0.971 bits per heavy atom. The van der Waals surface area contributed by atoms with Crippen molar-refractivity contribution in [2.75, 3.05) is 0 Å². The summed E-state index contributed by atoms with van der Waals surface area (Å²) in [4.78, 5) is 24.9. The fourth-order valence-corrected chi connectivity index (χ4v) is 9.45. The average molecular weight is 489 g/mol. The van der Waals surface area contributed by atoms with Gasteiger partial charge in [-0.05, 0) is 105 Å². The Kier molecular flexibility index (Phi) is 6.45. The van der Waals surface area contributed by atoms with E-state index in [1.54, 1.807) is 11.1 Å². The van der Waals surface area contributed by atoms with Crippen LogP contribution in [-0.4, -0.2) is 38.8 Å². The molecule has 0 amide bonds. The molecule has 35 heavy (non-hydrogen) atoms. The van der Waals surface area contributed by atoms with Crippen molar-refractivity contribution in [3.63, 3.8) is 0 Å². The molecule has 2 saturated carbocycles. The molecule has 0 aromatic rings. The summed E-state index contributed by atoms with van der Waals surface area (Å²) >= 11 is 0. The summed E-state index contributed by atoms with van der Waals surface area (Å²) in [6.07, 6.45) is 8.08. The molecule has 7 atom stereocenters. The zero-order valence-corrected chi connectivity index (χ0v) is 23.0. The maximum Gasteiger partial charge on any atom is 0.306 e. The van der Waals surface area contributed by atoms with Crippen molar-refractivity contribution in [3.05, 3.63) is 11.1 Å². The summed E-state index contributed by atoms with van der Waals surface area (Å²) < 4.78 is 0. The van der Waals surface area contributed by atoms with Gasteiger partial charge in [0.1, 0.15) is 5.60 Å². The third kappa shape index (κ3) is 3.86. The van der Waals surface area contributed by atoms with Gasteiger partial charge in [0.2, 0.25) is 0 Å². The number of hydrogen-bond acceptors (Lipinski definition) is 4. The molecule has 0 aromatic carbocycles. The monoisotopic (exact) mass is 488 g/mol. The van der Waals surface area contributed by atoms with E-state index in [-0.39, 0.29) is 45.9 Å². The van der Waals surface area contributed by atoms with Crippen LogP contribution < -0.4 is 0 Å². The molecule has 0 radical (unpaired) electrons. The van der Waals surface area contributed by atoms with Crippen molar-refractivity contribution in [2.24, 2.45) is 39.4 Å². The Labute approximate surface area is 211 Å². The molecule has 0 heterocycles. The minimum absolute atomic E-state index is 0.0204. The lowest BCUT2D eigenvalue weighted by Gasteiger charge is -2.62. The first-order valence-electron chi connectivity index (χ1n) is 13.9. The third-order valence-corrected chi connectivity index (χ3v) is 12.0. The standard InChI is InChI=1S/C30H48O5/c1-26(2)22-10-9-21-20(28(22,5)15-14-23(26)31)13-17-29(6)19(12-16-30(21,29)7)18(25(33)34)8-11-24(32)27(3,4)35/h18-19,22-23,31,35H,8-17H2,1-7H3,(H,33,34)/t18-,19-,22?,23+,28?,29-,30+/m1/s1. The molecule has 2 unspecified atom stereocenters. The van der Waals surface area contributed by atoms with Crippen LogP contribution in [-0.2, 0) is 9.59 Å². The number of carboxylic acid groups (broad SMARTS) is 1. The SMILES string of the molecule is CC(C)(O)C(=O)CC[C@@H](C(=O)O)[C@H]1CC[C@@]2(C)C3=C(CC[C@]12C)C1(C)CC[C@H](O)C(C)(C)C1CC3. The topological polar surface area (TPSA) is 94.8 Å².